The summed E-state index contributed by atoms with van der Waals surface area (Å²) in [6.07, 6.45) is 1.47. The molecule has 0 saturated carbocycles. The molecule has 0 aliphatic rings. The van der Waals surface area contributed by atoms with Gasteiger partial charge in [0, 0.05) is 24.3 Å². The topological polar surface area (TPSA) is 41.5 Å². The zero-order valence-electron chi connectivity index (χ0n) is 11.1. The number of benzene rings is 1. The van der Waals surface area contributed by atoms with Gasteiger partial charge in [0.15, 0.2) is 0 Å². The van der Waals surface area contributed by atoms with Gasteiger partial charge in [-0.25, -0.2) is 4.39 Å². The molecule has 1 aromatic carbocycles. The van der Waals surface area contributed by atoms with Gasteiger partial charge in [-0.1, -0.05) is 13.0 Å². The van der Waals surface area contributed by atoms with E-state index >= 15 is 0 Å². The third-order valence-corrected chi connectivity index (χ3v) is 2.76. The molecule has 0 saturated heterocycles. The summed E-state index contributed by atoms with van der Waals surface area (Å²) in [4.78, 5) is 0. The van der Waals surface area contributed by atoms with Crippen LogP contribution in [0.25, 0.3) is 0 Å². The molecule has 4 heteroatoms. The summed E-state index contributed by atoms with van der Waals surface area (Å²) in [5.74, 6) is 0.293. The molecule has 1 unspecified atom stereocenters. The Morgan fingerprint density at radius 2 is 2.17 bits per heavy atom. The molecule has 0 spiro atoms. The molecule has 1 rings (SSSR count). The molecule has 18 heavy (non-hydrogen) atoms. The SMILES string of the molecule is CCNC(C)c1ccc(F)cc1OCCCCO. The molecule has 3 nitrogen and oxygen atoms in total. The number of halogens is 1. The minimum Gasteiger partial charge on any atom is -0.493 e. The van der Waals surface area contributed by atoms with Gasteiger partial charge in [0.2, 0.25) is 0 Å². The molecule has 102 valence electrons. The number of unbranched alkanes of at least 4 members (excludes halogenated alkanes) is 1. The van der Waals surface area contributed by atoms with Crippen molar-refractivity contribution in [3.05, 3.63) is 29.6 Å². The quantitative estimate of drug-likeness (QED) is 0.702. The Morgan fingerprint density at radius 1 is 1.39 bits per heavy atom. The van der Waals surface area contributed by atoms with E-state index in [-0.39, 0.29) is 18.5 Å². The molecule has 0 heterocycles. The highest BCUT2D eigenvalue weighted by Crippen LogP contribution is 2.26. The van der Waals surface area contributed by atoms with Crippen molar-refractivity contribution in [1.29, 1.82) is 0 Å². The molecule has 0 amide bonds. The van der Waals surface area contributed by atoms with Crippen LogP contribution in [0, 0.1) is 5.82 Å². The number of rotatable bonds is 8. The lowest BCUT2D eigenvalue weighted by molar-refractivity contribution is 0.251. The van der Waals surface area contributed by atoms with Crippen molar-refractivity contribution in [2.24, 2.45) is 0 Å². The van der Waals surface area contributed by atoms with E-state index in [1.807, 2.05) is 13.8 Å². The zero-order chi connectivity index (χ0) is 13.4. The number of hydrogen-bond acceptors (Lipinski definition) is 3. The molecule has 1 aromatic rings. The van der Waals surface area contributed by atoms with Crippen LogP contribution in [0.5, 0.6) is 5.75 Å². The average Bonchev–Trinajstić information content (AvgIpc) is 2.35. The normalized spacial score (nSPS) is 12.4. The second-order valence-corrected chi connectivity index (χ2v) is 4.24. The summed E-state index contributed by atoms with van der Waals surface area (Å²) >= 11 is 0. The third-order valence-electron chi connectivity index (χ3n) is 2.76. The second kappa shape index (κ2) is 8.06. The largest absolute Gasteiger partial charge is 0.493 e. The first-order chi connectivity index (χ1) is 8.69. The Balaban J connectivity index is 2.70. The first-order valence-electron chi connectivity index (χ1n) is 6.45. The Kier molecular flexibility index (Phi) is 6.68. The highest BCUT2D eigenvalue weighted by molar-refractivity contribution is 5.36. The van der Waals surface area contributed by atoms with Crippen LogP contribution in [0.2, 0.25) is 0 Å². The number of nitrogens with one attached hydrogen (secondary N) is 1. The molecule has 0 aliphatic heterocycles. The minimum absolute atomic E-state index is 0.128. The lowest BCUT2D eigenvalue weighted by Crippen LogP contribution is -2.18. The van der Waals surface area contributed by atoms with E-state index in [0.717, 1.165) is 18.5 Å². The fraction of sp³-hybridized carbons (Fsp3) is 0.571. The van der Waals surface area contributed by atoms with E-state index in [4.69, 9.17) is 9.84 Å². The maximum Gasteiger partial charge on any atom is 0.126 e. The highest BCUT2D eigenvalue weighted by atomic mass is 19.1. The molecule has 2 N–H and O–H groups in total. The van der Waals surface area contributed by atoms with Crippen molar-refractivity contribution in [1.82, 2.24) is 5.32 Å². The lowest BCUT2D eigenvalue weighted by atomic mass is 10.1. The maximum atomic E-state index is 13.2. The summed E-state index contributed by atoms with van der Waals surface area (Å²) in [6, 6.07) is 4.75. The molecule has 0 fully saturated rings. The van der Waals surface area contributed by atoms with Crippen LogP contribution < -0.4 is 10.1 Å². The van der Waals surface area contributed by atoms with Gasteiger partial charge in [0.25, 0.3) is 0 Å². The predicted molar refractivity (Wildman–Crippen MR) is 70.3 cm³/mol. The first-order valence-corrected chi connectivity index (χ1v) is 6.45. The predicted octanol–water partition coefficient (Wildman–Crippen LogP) is 2.65. The van der Waals surface area contributed by atoms with E-state index in [1.54, 1.807) is 6.07 Å². The Labute approximate surface area is 108 Å². The minimum atomic E-state index is -0.292. The third kappa shape index (κ3) is 4.63. The Hall–Kier alpha value is -1.13. The summed E-state index contributed by atoms with van der Waals surface area (Å²) < 4.78 is 18.8. The molecule has 0 bridgehead atoms. The van der Waals surface area contributed by atoms with Crippen molar-refractivity contribution >= 4 is 0 Å². The number of aliphatic hydroxyl groups is 1. The Bertz CT molecular complexity index is 358. The second-order valence-electron chi connectivity index (χ2n) is 4.24. The fourth-order valence-electron chi connectivity index (χ4n) is 1.80. The first kappa shape index (κ1) is 14.9. The van der Waals surface area contributed by atoms with E-state index in [0.29, 0.717) is 18.8 Å². The standard InChI is InChI=1S/C14H22FNO2/c1-3-16-11(2)13-7-6-12(15)10-14(13)18-9-5-4-8-17/h6-7,10-11,16-17H,3-5,8-9H2,1-2H3. The number of hydrogen-bond donors (Lipinski definition) is 2. The van der Waals surface area contributed by atoms with Crippen LogP contribution in [0.4, 0.5) is 4.39 Å². The Morgan fingerprint density at radius 3 is 2.83 bits per heavy atom. The van der Waals surface area contributed by atoms with Crippen LogP contribution in [-0.2, 0) is 0 Å². The van der Waals surface area contributed by atoms with Crippen LogP contribution in [0.1, 0.15) is 38.3 Å². The fourth-order valence-corrected chi connectivity index (χ4v) is 1.80. The summed E-state index contributed by atoms with van der Waals surface area (Å²) in [5, 5.41) is 12.0. The van der Waals surface area contributed by atoms with Gasteiger partial charge in [0.1, 0.15) is 11.6 Å². The summed E-state index contributed by atoms with van der Waals surface area (Å²) in [7, 11) is 0. The van der Waals surface area contributed by atoms with E-state index < -0.39 is 0 Å². The van der Waals surface area contributed by atoms with Crippen molar-refractivity contribution < 1.29 is 14.2 Å². The zero-order valence-corrected chi connectivity index (χ0v) is 11.1. The van der Waals surface area contributed by atoms with Crippen LogP contribution >= 0.6 is 0 Å². The lowest BCUT2D eigenvalue weighted by Gasteiger charge is -2.17. The van der Waals surface area contributed by atoms with Gasteiger partial charge >= 0.3 is 0 Å². The average molecular weight is 255 g/mol. The number of ether oxygens (including phenoxy) is 1. The van der Waals surface area contributed by atoms with Gasteiger partial charge in [0.05, 0.1) is 6.61 Å². The van der Waals surface area contributed by atoms with Gasteiger partial charge < -0.3 is 15.2 Å². The van der Waals surface area contributed by atoms with Gasteiger partial charge in [-0.15, -0.1) is 0 Å². The van der Waals surface area contributed by atoms with E-state index in [1.165, 1.54) is 12.1 Å². The van der Waals surface area contributed by atoms with Gasteiger partial charge in [-0.05, 0) is 32.4 Å². The van der Waals surface area contributed by atoms with Crippen molar-refractivity contribution in [3.8, 4) is 5.75 Å². The van der Waals surface area contributed by atoms with Crippen molar-refractivity contribution in [2.75, 3.05) is 19.8 Å². The van der Waals surface area contributed by atoms with Crippen LogP contribution in [-0.4, -0.2) is 24.9 Å². The van der Waals surface area contributed by atoms with Gasteiger partial charge in [-0.2, -0.15) is 0 Å². The smallest absolute Gasteiger partial charge is 0.126 e. The molecule has 0 aromatic heterocycles. The molecule has 1 atom stereocenters. The van der Waals surface area contributed by atoms with Crippen molar-refractivity contribution in [3.63, 3.8) is 0 Å². The molecular formula is C14H22FNO2. The van der Waals surface area contributed by atoms with Crippen LogP contribution in [0.3, 0.4) is 0 Å². The molecule has 0 radical (unpaired) electrons. The van der Waals surface area contributed by atoms with Gasteiger partial charge in [-0.3, -0.25) is 0 Å². The maximum absolute atomic E-state index is 13.2. The number of aliphatic hydroxyl groups excluding tert-OH is 1. The van der Waals surface area contributed by atoms with Crippen molar-refractivity contribution in [2.45, 2.75) is 32.7 Å². The van der Waals surface area contributed by atoms with Crippen LogP contribution in [0.15, 0.2) is 18.2 Å². The highest BCUT2D eigenvalue weighted by Gasteiger charge is 2.11. The monoisotopic (exact) mass is 255 g/mol. The van der Waals surface area contributed by atoms with E-state index in [2.05, 4.69) is 5.32 Å². The summed E-state index contributed by atoms with van der Waals surface area (Å²) in [6.45, 7) is 5.56. The molecular weight excluding hydrogens is 233 g/mol. The van der Waals surface area contributed by atoms with E-state index in [9.17, 15) is 4.39 Å². The summed E-state index contributed by atoms with van der Waals surface area (Å²) in [5.41, 5.74) is 0.960. The molecule has 0 aliphatic carbocycles.